The van der Waals surface area contributed by atoms with Crippen LogP contribution in [0.2, 0.25) is 0 Å². The summed E-state index contributed by atoms with van der Waals surface area (Å²) < 4.78 is 6.62. The molecule has 1 N–H and O–H groups in total. The van der Waals surface area contributed by atoms with E-state index >= 15 is 0 Å². The zero-order valence-electron chi connectivity index (χ0n) is 10.7. The van der Waals surface area contributed by atoms with E-state index in [4.69, 9.17) is 9.84 Å². The normalized spacial score (nSPS) is 11.7. The van der Waals surface area contributed by atoms with Crippen LogP contribution in [0.4, 0.5) is 0 Å². The number of benzene rings is 1. The van der Waals surface area contributed by atoms with Crippen molar-refractivity contribution in [3.63, 3.8) is 0 Å². The summed E-state index contributed by atoms with van der Waals surface area (Å²) in [7, 11) is 0. The standard InChI is InChI=1S/C14H17BrO3/c1-9(2)12-8-11(15)4-5-13(12)18-7-6-10(3)14(16)17/h4-6,8-9H,7H2,1-3H3,(H,16,17)/b10-6-. The van der Waals surface area contributed by atoms with Gasteiger partial charge in [0.1, 0.15) is 12.4 Å². The zero-order valence-corrected chi connectivity index (χ0v) is 12.3. The molecule has 0 saturated heterocycles. The minimum Gasteiger partial charge on any atom is -0.489 e. The smallest absolute Gasteiger partial charge is 0.331 e. The van der Waals surface area contributed by atoms with E-state index < -0.39 is 5.97 Å². The quantitative estimate of drug-likeness (QED) is 0.836. The fourth-order valence-electron chi connectivity index (χ4n) is 1.45. The number of carboxylic acids is 1. The maximum absolute atomic E-state index is 10.6. The van der Waals surface area contributed by atoms with Crippen molar-refractivity contribution in [2.75, 3.05) is 6.61 Å². The van der Waals surface area contributed by atoms with Crippen molar-refractivity contribution in [3.05, 3.63) is 39.9 Å². The van der Waals surface area contributed by atoms with Gasteiger partial charge in [0.15, 0.2) is 0 Å². The van der Waals surface area contributed by atoms with Crippen molar-refractivity contribution < 1.29 is 14.6 Å². The fourth-order valence-corrected chi connectivity index (χ4v) is 1.82. The van der Waals surface area contributed by atoms with Crippen LogP contribution in [0.25, 0.3) is 0 Å². The largest absolute Gasteiger partial charge is 0.489 e. The minimum absolute atomic E-state index is 0.263. The number of hydrogen-bond donors (Lipinski definition) is 1. The van der Waals surface area contributed by atoms with E-state index in [1.165, 1.54) is 0 Å². The molecule has 0 spiro atoms. The summed E-state index contributed by atoms with van der Waals surface area (Å²) in [6.07, 6.45) is 1.56. The summed E-state index contributed by atoms with van der Waals surface area (Å²) in [5.41, 5.74) is 1.39. The van der Waals surface area contributed by atoms with Crippen LogP contribution >= 0.6 is 15.9 Å². The Morgan fingerprint density at radius 3 is 2.72 bits per heavy atom. The highest BCUT2D eigenvalue weighted by Crippen LogP contribution is 2.29. The van der Waals surface area contributed by atoms with Crippen molar-refractivity contribution >= 4 is 21.9 Å². The summed E-state index contributed by atoms with van der Waals surface area (Å²) in [6.45, 7) is 6.00. The molecule has 1 aromatic carbocycles. The van der Waals surface area contributed by atoms with Gasteiger partial charge in [-0.1, -0.05) is 29.8 Å². The Bertz CT molecular complexity index is 464. The van der Waals surface area contributed by atoms with Crippen LogP contribution in [0, 0.1) is 0 Å². The number of carboxylic acid groups (broad SMARTS) is 1. The van der Waals surface area contributed by atoms with Gasteiger partial charge in [-0.15, -0.1) is 0 Å². The summed E-state index contributed by atoms with van der Waals surface area (Å²) in [5.74, 6) is 0.225. The summed E-state index contributed by atoms with van der Waals surface area (Å²) >= 11 is 3.43. The van der Waals surface area contributed by atoms with Gasteiger partial charge in [-0.05, 0) is 42.7 Å². The summed E-state index contributed by atoms with van der Waals surface area (Å²) in [4.78, 5) is 10.6. The Morgan fingerprint density at radius 2 is 2.17 bits per heavy atom. The Labute approximate surface area is 116 Å². The number of ether oxygens (including phenoxy) is 1. The molecule has 0 fully saturated rings. The maximum Gasteiger partial charge on any atom is 0.331 e. The first kappa shape index (κ1) is 14.8. The van der Waals surface area contributed by atoms with Crippen LogP contribution in [-0.2, 0) is 4.79 Å². The number of carbonyl (C=O) groups is 1. The molecular formula is C14H17BrO3. The Hall–Kier alpha value is -1.29. The van der Waals surface area contributed by atoms with E-state index in [1.54, 1.807) is 13.0 Å². The lowest BCUT2D eigenvalue weighted by Crippen LogP contribution is -2.02. The van der Waals surface area contributed by atoms with E-state index in [1.807, 2.05) is 18.2 Å². The molecule has 0 aromatic heterocycles. The van der Waals surface area contributed by atoms with Gasteiger partial charge in [0, 0.05) is 10.0 Å². The number of aliphatic carboxylic acids is 1. The Balaban J connectivity index is 2.79. The molecule has 0 unspecified atom stereocenters. The van der Waals surface area contributed by atoms with Gasteiger partial charge in [-0.25, -0.2) is 4.79 Å². The molecule has 0 aliphatic rings. The molecule has 0 radical (unpaired) electrons. The predicted octanol–water partition coefficient (Wildman–Crippen LogP) is 3.98. The highest BCUT2D eigenvalue weighted by Gasteiger charge is 2.08. The van der Waals surface area contributed by atoms with Gasteiger partial charge in [0.05, 0.1) is 0 Å². The van der Waals surface area contributed by atoms with Crippen molar-refractivity contribution in [2.24, 2.45) is 0 Å². The fraction of sp³-hybridized carbons (Fsp3) is 0.357. The van der Waals surface area contributed by atoms with Gasteiger partial charge in [-0.2, -0.15) is 0 Å². The first-order valence-corrected chi connectivity index (χ1v) is 6.53. The number of rotatable bonds is 5. The van der Waals surface area contributed by atoms with Crippen LogP contribution < -0.4 is 4.74 Å². The van der Waals surface area contributed by atoms with E-state index in [9.17, 15) is 4.79 Å². The summed E-state index contributed by atoms with van der Waals surface area (Å²) in [6, 6.07) is 5.83. The monoisotopic (exact) mass is 312 g/mol. The average Bonchev–Trinajstić information content (AvgIpc) is 2.30. The van der Waals surface area contributed by atoms with Gasteiger partial charge in [0.25, 0.3) is 0 Å². The van der Waals surface area contributed by atoms with Crippen molar-refractivity contribution in [1.82, 2.24) is 0 Å². The molecule has 0 heterocycles. The molecule has 0 atom stereocenters. The molecule has 0 aliphatic carbocycles. The first-order valence-electron chi connectivity index (χ1n) is 5.74. The van der Waals surface area contributed by atoms with Crippen molar-refractivity contribution in [2.45, 2.75) is 26.7 Å². The number of hydrogen-bond acceptors (Lipinski definition) is 2. The topological polar surface area (TPSA) is 46.5 Å². The molecule has 3 nitrogen and oxygen atoms in total. The average molecular weight is 313 g/mol. The third-order valence-corrected chi connectivity index (χ3v) is 3.05. The molecule has 1 rings (SSSR count). The molecule has 1 aromatic rings. The van der Waals surface area contributed by atoms with E-state index in [2.05, 4.69) is 29.8 Å². The lowest BCUT2D eigenvalue weighted by atomic mass is 10.0. The molecule has 18 heavy (non-hydrogen) atoms. The van der Waals surface area contributed by atoms with Crippen LogP contribution in [-0.4, -0.2) is 17.7 Å². The first-order chi connectivity index (χ1) is 8.41. The van der Waals surface area contributed by atoms with Gasteiger partial charge in [0.2, 0.25) is 0 Å². The molecule has 4 heteroatoms. The Kier molecular flexibility index (Phi) is 5.41. The zero-order chi connectivity index (χ0) is 13.7. The molecule has 0 saturated carbocycles. The number of halogens is 1. The molecule has 0 amide bonds. The van der Waals surface area contributed by atoms with Crippen molar-refractivity contribution in [3.8, 4) is 5.75 Å². The third-order valence-electron chi connectivity index (χ3n) is 2.56. The predicted molar refractivity (Wildman–Crippen MR) is 75.1 cm³/mol. The molecule has 98 valence electrons. The van der Waals surface area contributed by atoms with Gasteiger partial charge in [-0.3, -0.25) is 0 Å². The highest BCUT2D eigenvalue weighted by atomic mass is 79.9. The summed E-state index contributed by atoms with van der Waals surface area (Å²) in [5, 5.41) is 8.73. The van der Waals surface area contributed by atoms with Crippen LogP contribution in [0.1, 0.15) is 32.3 Å². The highest BCUT2D eigenvalue weighted by molar-refractivity contribution is 9.10. The third kappa shape index (κ3) is 4.18. The van der Waals surface area contributed by atoms with Crippen LogP contribution in [0.5, 0.6) is 5.75 Å². The van der Waals surface area contributed by atoms with E-state index in [0.717, 1.165) is 15.8 Å². The van der Waals surface area contributed by atoms with Crippen molar-refractivity contribution in [1.29, 1.82) is 0 Å². The lowest BCUT2D eigenvalue weighted by molar-refractivity contribution is -0.132. The Morgan fingerprint density at radius 1 is 1.50 bits per heavy atom. The molecular weight excluding hydrogens is 296 g/mol. The van der Waals surface area contributed by atoms with Crippen LogP contribution in [0.3, 0.4) is 0 Å². The second kappa shape index (κ2) is 6.59. The van der Waals surface area contributed by atoms with Gasteiger partial charge >= 0.3 is 5.97 Å². The van der Waals surface area contributed by atoms with Crippen LogP contribution in [0.15, 0.2) is 34.3 Å². The lowest BCUT2D eigenvalue weighted by Gasteiger charge is -2.13. The molecule has 0 bridgehead atoms. The van der Waals surface area contributed by atoms with E-state index in [-0.39, 0.29) is 6.61 Å². The second-order valence-electron chi connectivity index (χ2n) is 4.34. The van der Waals surface area contributed by atoms with E-state index in [0.29, 0.717) is 11.5 Å². The minimum atomic E-state index is -0.918. The maximum atomic E-state index is 10.6. The SMILES string of the molecule is C/C(=C/COc1ccc(Br)cc1C(C)C)C(=O)O. The second-order valence-corrected chi connectivity index (χ2v) is 5.26. The van der Waals surface area contributed by atoms with Gasteiger partial charge < -0.3 is 9.84 Å². The molecule has 0 aliphatic heterocycles.